The highest BCUT2D eigenvalue weighted by molar-refractivity contribution is 7.25. The van der Waals surface area contributed by atoms with E-state index in [0.717, 1.165) is 82.7 Å². The van der Waals surface area contributed by atoms with Crippen LogP contribution in [0.15, 0.2) is 211 Å². The molecule has 294 valence electrons. The minimum absolute atomic E-state index is 0.536. The molecule has 4 aromatic heterocycles. The number of hydrogen-bond acceptors (Lipinski definition) is 5. The van der Waals surface area contributed by atoms with E-state index in [0.29, 0.717) is 17.6 Å². The Hall–Kier alpha value is -8.19. The Morgan fingerprint density at radius 3 is 1.84 bits per heavy atom. The smallest absolute Gasteiger partial charge is 0.238 e. The number of thiophene rings is 1. The molecule has 0 saturated heterocycles. The van der Waals surface area contributed by atoms with Gasteiger partial charge in [0, 0.05) is 58.4 Å². The van der Waals surface area contributed by atoms with Crippen molar-refractivity contribution in [1.29, 1.82) is 0 Å². The average Bonchev–Trinajstić information content (AvgIpc) is 4.04. The van der Waals surface area contributed by atoms with Gasteiger partial charge in [0.15, 0.2) is 11.6 Å². The number of rotatable bonds is 6. The van der Waals surface area contributed by atoms with Crippen LogP contribution in [-0.2, 0) is 0 Å². The van der Waals surface area contributed by atoms with Crippen LogP contribution in [0.3, 0.4) is 0 Å². The van der Waals surface area contributed by atoms with Crippen LogP contribution in [-0.4, -0.2) is 19.5 Å². The fraction of sp³-hybridized carbons (Fsp3) is 0. The van der Waals surface area contributed by atoms with Crippen LogP contribution >= 0.6 is 11.3 Å². The molecular formula is C57H34N4OS. The van der Waals surface area contributed by atoms with Crippen molar-refractivity contribution >= 4 is 75.3 Å². The molecule has 0 bridgehead atoms. The lowest BCUT2D eigenvalue weighted by atomic mass is 9.92. The van der Waals surface area contributed by atoms with Crippen molar-refractivity contribution in [2.75, 3.05) is 0 Å². The molecule has 0 radical (unpaired) electrons. The molecule has 0 aliphatic carbocycles. The Morgan fingerprint density at radius 2 is 1.00 bits per heavy atom. The number of benzene rings is 9. The molecule has 0 spiro atoms. The van der Waals surface area contributed by atoms with Gasteiger partial charge in [-0.3, -0.25) is 4.57 Å². The number of para-hydroxylation sites is 2. The lowest BCUT2D eigenvalue weighted by Crippen LogP contribution is -2.07. The fourth-order valence-corrected chi connectivity index (χ4v) is 10.5. The summed E-state index contributed by atoms with van der Waals surface area (Å²) < 4.78 is 11.2. The van der Waals surface area contributed by atoms with Crippen LogP contribution in [0.25, 0.3) is 126 Å². The Kier molecular flexibility index (Phi) is 8.01. The second-order valence-corrected chi connectivity index (χ2v) is 17.0. The zero-order valence-corrected chi connectivity index (χ0v) is 34.6. The van der Waals surface area contributed by atoms with Gasteiger partial charge < -0.3 is 4.42 Å². The van der Waals surface area contributed by atoms with E-state index in [1.54, 1.807) is 0 Å². The molecule has 13 aromatic rings. The van der Waals surface area contributed by atoms with Crippen molar-refractivity contribution in [2.24, 2.45) is 0 Å². The van der Waals surface area contributed by atoms with Gasteiger partial charge in [-0.2, -0.15) is 9.97 Å². The molecule has 0 aliphatic heterocycles. The second kappa shape index (κ2) is 14.2. The Balaban J connectivity index is 1.09. The van der Waals surface area contributed by atoms with E-state index in [2.05, 4.69) is 174 Å². The van der Waals surface area contributed by atoms with Gasteiger partial charge in [-0.25, -0.2) is 4.98 Å². The monoisotopic (exact) mass is 822 g/mol. The van der Waals surface area contributed by atoms with Gasteiger partial charge in [-0.05, 0) is 82.4 Å². The van der Waals surface area contributed by atoms with Gasteiger partial charge in [-0.15, -0.1) is 11.3 Å². The van der Waals surface area contributed by atoms with Crippen LogP contribution in [0.2, 0.25) is 0 Å². The zero-order valence-electron chi connectivity index (χ0n) is 33.7. The molecule has 0 atom stereocenters. The lowest BCUT2D eigenvalue weighted by molar-refractivity contribution is 0.669. The van der Waals surface area contributed by atoms with Crippen LogP contribution in [0.5, 0.6) is 0 Å². The normalized spacial score (nSPS) is 11.8. The molecule has 0 aliphatic rings. The molecule has 4 heterocycles. The van der Waals surface area contributed by atoms with Crippen molar-refractivity contribution in [1.82, 2.24) is 19.5 Å². The maximum atomic E-state index is 6.37. The molecule has 6 heteroatoms. The van der Waals surface area contributed by atoms with E-state index in [9.17, 15) is 0 Å². The van der Waals surface area contributed by atoms with Gasteiger partial charge in [0.1, 0.15) is 11.2 Å². The maximum absolute atomic E-state index is 6.37. The molecule has 5 nitrogen and oxygen atoms in total. The van der Waals surface area contributed by atoms with Gasteiger partial charge in [0.2, 0.25) is 5.95 Å². The molecule has 9 aromatic carbocycles. The first kappa shape index (κ1) is 35.6. The van der Waals surface area contributed by atoms with Crippen molar-refractivity contribution in [3.05, 3.63) is 206 Å². The van der Waals surface area contributed by atoms with Crippen molar-refractivity contribution in [2.45, 2.75) is 0 Å². The Morgan fingerprint density at radius 1 is 0.365 bits per heavy atom. The third-order valence-corrected chi connectivity index (χ3v) is 13.4. The third kappa shape index (κ3) is 5.80. The van der Waals surface area contributed by atoms with E-state index in [1.165, 1.54) is 25.7 Å². The first-order valence-corrected chi connectivity index (χ1v) is 21.9. The van der Waals surface area contributed by atoms with E-state index in [1.807, 2.05) is 47.7 Å². The summed E-state index contributed by atoms with van der Waals surface area (Å²) in [7, 11) is 0. The number of aromatic nitrogens is 4. The summed E-state index contributed by atoms with van der Waals surface area (Å²) in [5, 5.41) is 6.94. The van der Waals surface area contributed by atoms with E-state index in [4.69, 9.17) is 19.4 Å². The Bertz CT molecular complexity index is 3920. The molecule has 0 fully saturated rings. The van der Waals surface area contributed by atoms with Crippen LogP contribution < -0.4 is 0 Å². The largest absolute Gasteiger partial charge is 0.456 e. The number of furan rings is 1. The second-order valence-electron chi connectivity index (χ2n) is 16.0. The van der Waals surface area contributed by atoms with Crippen molar-refractivity contribution in [3.8, 4) is 62.1 Å². The molecule has 63 heavy (non-hydrogen) atoms. The summed E-state index contributed by atoms with van der Waals surface area (Å²) in [6.07, 6.45) is 0. The topological polar surface area (TPSA) is 56.7 Å². The van der Waals surface area contributed by atoms with E-state index >= 15 is 0 Å². The molecule has 0 N–H and O–H groups in total. The lowest BCUT2D eigenvalue weighted by Gasteiger charge is -2.15. The summed E-state index contributed by atoms with van der Waals surface area (Å²) in [4.78, 5) is 15.8. The van der Waals surface area contributed by atoms with E-state index < -0.39 is 0 Å². The molecule has 13 rings (SSSR count). The van der Waals surface area contributed by atoms with Crippen LogP contribution in [0, 0.1) is 0 Å². The highest BCUT2D eigenvalue weighted by Crippen LogP contribution is 2.44. The minimum atomic E-state index is 0.536. The van der Waals surface area contributed by atoms with Gasteiger partial charge in [0.05, 0.1) is 11.0 Å². The zero-order chi connectivity index (χ0) is 41.4. The summed E-state index contributed by atoms with van der Waals surface area (Å²) in [6.45, 7) is 0. The quantitative estimate of drug-likeness (QED) is 0.168. The average molecular weight is 823 g/mol. The van der Waals surface area contributed by atoms with Crippen molar-refractivity contribution < 1.29 is 4.42 Å². The highest BCUT2D eigenvalue weighted by Gasteiger charge is 2.23. The third-order valence-electron chi connectivity index (χ3n) is 12.3. The summed E-state index contributed by atoms with van der Waals surface area (Å²) in [5.41, 5.74) is 12.3. The van der Waals surface area contributed by atoms with Crippen LogP contribution in [0.4, 0.5) is 0 Å². The number of fused-ring (bicyclic) bond motifs is 9. The van der Waals surface area contributed by atoms with Gasteiger partial charge in [0.25, 0.3) is 0 Å². The maximum Gasteiger partial charge on any atom is 0.238 e. The van der Waals surface area contributed by atoms with Crippen LogP contribution in [0.1, 0.15) is 0 Å². The van der Waals surface area contributed by atoms with Gasteiger partial charge in [-0.1, -0.05) is 152 Å². The number of nitrogens with zero attached hydrogens (tertiary/aromatic N) is 4. The SMILES string of the molecule is c1ccc(-c2cc(-c3cccc(-c4cccc5sc6ccccc6c45)c3)c3c(c2)c2ccccc2n3-c2nc(-c3ccccc3)nc(-c3ccc4c(c3)oc3ccccc34)n2)cc1. The minimum Gasteiger partial charge on any atom is -0.456 e. The molecular weight excluding hydrogens is 789 g/mol. The molecule has 0 unspecified atom stereocenters. The molecule has 0 amide bonds. The van der Waals surface area contributed by atoms with Gasteiger partial charge >= 0.3 is 0 Å². The van der Waals surface area contributed by atoms with Crippen molar-refractivity contribution in [3.63, 3.8) is 0 Å². The highest BCUT2D eigenvalue weighted by atomic mass is 32.1. The summed E-state index contributed by atoms with van der Waals surface area (Å²) in [5.74, 6) is 1.69. The summed E-state index contributed by atoms with van der Waals surface area (Å²) >= 11 is 1.85. The predicted molar refractivity (Wildman–Crippen MR) is 262 cm³/mol. The standard InChI is InChI=1S/C57H34N4OS/c1-3-15-35(16-4-1)40-32-46(38-20-13-19-37(31-38)41-24-14-28-52-53(41)45-23-9-12-27-51(45)63-52)54-47(33-40)42-21-7-10-25-48(42)61(54)57-59-55(36-17-5-2-6-18-36)58-56(60-57)39-29-30-44-43-22-8-11-26-49(43)62-50(44)34-39/h1-34H. The first-order valence-electron chi connectivity index (χ1n) is 21.1. The van der Waals surface area contributed by atoms with E-state index in [-0.39, 0.29) is 0 Å². The summed E-state index contributed by atoms with van der Waals surface area (Å²) in [6, 6.07) is 72.9. The first-order chi connectivity index (χ1) is 31.2. The Labute approximate surface area is 365 Å². The number of hydrogen-bond donors (Lipinski definition) is 0. The predicted octanol–water partition coefficient (Wildman–Crippen LogP) is 15.6. The molecule has 0 saturated carbocycles. The fourth-order valence-electron chi connectivity index (χ4n) is 9.37.